The molecule has 0 unspecified atom stereocenters. The van der Waals surface area contributed by atoms with Gasteiger partial charge in [0.25, 0.3) is 5.91 Å². The number of fused-ring (bicyclic) bond motifs is 1. The first kappa shape index (κ1) is 17.9. The highest BCUT2D eigenvalue weighted by Gasteiger charge is 2.24. The lowest BCUT2D eigenvalue weighted by molar-refractivity contribution is 0.0923. The van der Waals surface area contributed by atoms with Crippen molar-refractivity contribution in [1.82, 2.24) is 25.7 Å². The van der Waals surface area contributed by atoms with E-state index in [9.17, 15) is 4.79 Å². The van der Waals surface area contributed by atoms with E-state index in [-0.39, 0.29) is 23.7 Å². The molecule has 3 N–H and O–H groups in total. The zero-order valence-electron chi connectivity index (χ0n) is 13.2. The standard InChI is InChI=1S/C14H25N5O.ClH/c1-14(2,9-19(3)4)8-16-13(20)12-10-7-15-6-5-11(10)17-18-12;/h15H,5-9H2,1-4H3,(H,16,20)(H,17,18);1H. The zero-order valence-corrected chi connectivity index (χ0v) is 14.1. The Balaban J connectivity index is 0.00000220. The van der Waals surface area contributed by atoms with E-state index >= 15 is 0 Å². The van der Waals surface area contributed by atoms with Crippen LogP contribution < -0.4 is 10.6 Å². The van der Waals surface area contributed by atoms with Crippen molar-refractivity contribution in [2.45, 2.75) is 26.8 Å². The first-order valence-corrected chi connectivity index (χ1v) is 7.09. The number of rotatable bonds is 5. The Morgan fingerprint density at radius 1 is 1.43 bits per heavy atom. The molecule has 1 amide bonds. The summed E-state index contributed by atoms with van der Waals surface area (Å²) in [6, 6.07) is 0. The summed E-state index contributed by atoms with van der Waals surface area (Å²) in [7, 11) is 4.08. The number of hydrogen-bond acceptors (Lipinski definition) is 4. The van der Waals surface area contributed by atoms with Crippen molar-refractivity contribution in [2.75, 3.05) is 33.7 Å². The van der Waals surface area contributed by atoms with Crippen LogP contribution in [0.25, 0.3) is 0 Å². The van der Waals surface area contributed by atoms with Gasteiger partial charge in [0.1, 0.15) is 0 Å². The molecule has 1 aromatic heterocycles. The maximum absolute atomic E-state index is 12.3. The van der Waals surface area contributed by atoms with Crippen LogP contribution in [0, 0.1) is 5.41 Å². The van der Waals surface area contributed by atoms with E-state index in [4.69, 9.17) is 0 Å². The molecule has 2 rings (SSSR count). The summed E-state index contributed by atoms with van der Waals surface area (Å²) in [5, 5.41) is 13.4. The van der Waals surface area contributed by atoms with Crippen molar-refractivity contribution in [3.05, 3.63) is 17.0 Å². The normalized spacial score (nSPS) is 14.5. The van der Waals surface area contributed by atoms with Gasteiger partial charge in [-0.25, -0.2) is 0 Å². The summed E-state index contributed by atoms with van der Waals surface area (Å²) in [4.78, 5) is 14.4. The fourth-order valence-corrected chi connectivity index (χ4v) is 2.73. The Morgan fingerprint density at radius 3 is 2.81 bits per heavy atom. The van der Waals surface area contributed by atoms with Crippen LogP contribution in [0.3, 0.4) is 0 Å². The minimum atomic E-state index is -0.0852. The number of nitrogens with one attached hydrogen (secondary N) is 3. The van der Waals surface area contributed by atoms with Crippen molar-refractivity contribution in [3.8, 4) is 0 Å². The summed E-state index contributed by atoms with van der Waals surface area (Å²) in [5.74, 6) is -0.0852. The number of amides is 1. The predicted octanol–water partition coefficient (Wildman–Crippen LogP) is 0.795. The number of halogens is 1. The van der Waals surface area contributed by atoms with Gasteiger partial charge in [-0.2, -0.15) is 5.10 Å². The fourth-order valence-electron chi connectivity index (χ4n) is 2.73. The zero-order chi connectivity index (χ0) is 14.8. The number of carbonyl (C=O) groups excluding carboxylic acids is 1. The molecular weight excluding hydrogens is 290 g/mol. The van der Waals surface area contributed by atoms with Gasteiger partial charge in [0.2, 0.25) is 0 Å². The lowest BCUT2D eigenvalue weighted by Crippen LogP contribution is -2.40. The molecule has 7 heteroatoms. The van der Waals surface area contributed by atoms with E-state index in [1.54, 1.807) is 0 Å². The van der Waals surface area contributed by atoms with Gasteiger partial charge < -0.3 is 15.5 Å². The van der Waals surface area contributed by atoms with Gasteiger partial charge in [-0.05, 0) is 19.5 Å². The van der Waals surface area contributed by atoms with E-state index in [1.165, 1.54) is 0 Å². The highest BCUT2D eigenvalue weighted by atomic mass is 35.5. The first-order chi connectivity index (χ1) is 9.39. The summed E-state index contributed by atoms with van der Waals surface area (Å²) < 4.78 is 0. The molecule has 21 heavy (non-hydrogen) atoms. The molecule has 6 nitrogen and oxygen atoms in total. The van der Waals surface area contributed by atoms with E-state index in [2.05, 4.69) is 39.6 Å². The molecule has 0 aliphatic carbocycles. The topological polar surface area (TPSA) is 73.0 Å². The van der Waals surface area contributed by atoms with E-state index in [0.717, 1.165) is 37.3 Å². The number of hydrogen-bond donors (Lipinski definition) is 3. The van der Waals surface area contributed by atoms with Crippen LogP contribution in [0.4, 0.5) is 0 Å². The maximum atomic E-state index is 12.3. The molecule has 2 heterocycles. The van der Waals surface area contributed by atoms with Crippen LogP contribution in [0.1, 0.15) is 35.6 Å². The molecule has 0 bridgehead atoms. The van der Waals surface area contributed by atoms with Gasteiger partial charge >= 0.3 is 0 Å². The lowest BCUT2D eigenvalue weighted by atomic mass is 9.93. The second-order valence-corrected chi connectivity index (χ2v) is 6.54. The van der Waals surface area contributed by atoms with E-state index in [1.807, 2.05) is 14.1 Å². The molecule has 1 aliphatic heterocycles. The van der Waals surface area contributed by atoms with Gasteiger partial charge in [-0.15, -0.1) is 12.4 Å². The smallest absolute Gasteiger partial charge is 0.272 e. The number of carbonyl (C=O) groups is 1. The molecule has 0 aromatic carbocycles. The SMILES string of the molecule is CN(C)CC(C)(C)CNC(=O)c1n[nH]c2c1CNCC2.Cl. The van der Waals surface area contributed by atoms with Crippen LogP contribution in [0.2, 0.25) is 0 Å². The third-order valence-corrected chi connectivity index (χ3v) is 3.49. The Kier molecular flexibility index (Phi) is 6.19. The second kappa shape index (κ2) is 7.24. The maximum Gasteiger partial charge on any atom is 0.272 e. The lowest BCUT2D eigenvalue weighted by Gasteiger charge is -2.28. The van der Waals surface area contributed by atoms with Crippen LogP contribution in [-0.2, 0) is 13.0 Å². The first-order valence-electron chi connectivity index (χ1n) is 7.09. The van der Waals surface area contributed by atoms with E-state index < -0.39 is 0 Å². The van der Waals surface area contributed by atoms with Gasteiger partial charge in [0.15, 0.2) is 5.69 Å². The van der Waals surface area contributed by atoms with Crippen molar-refractivity contribution in [3.63, 3.8) is 0 Å². The summed E-state index contributed by atoms with van der Waals surface area (Å²) in [6.07, 6.45) is 0.904. The molecular formula is C14H26ClN5O. The van der Waals surface area contributed by atoms with Gasteiger partial charge in [-0.1, -0.05) is 13.8 Å². The van der Waals surface area contributed by atoms with Crippen molar-refractivity contribution in [2.24, 2.45) is 5.41 Å². The monoisotopic (exact) mass is 315 g/mol. The molecule has 120 valence electrons. The molecule has 0 spiro atoms. The Hall–Kier alpha value is -1.11. The average molecular weight is 316 g/mol. The number of H-pyrrole nitrogens is 1. The molecule has 1 aliphatic rings. The third kappa shape index (κ3) is 4.69. The predicted molar refractivity (Wildman–Crippen MR) is 85.9 cm³/mol. The number of aromatic amines is 1. The molecule has 0 saturated heterocycles. The molecule has 0 radical (unpaired) electrons. The van der Waals surface area contributed by atoms with Crippen molar-refractivity contribution >= 4 is 18.3 Å². The molecule has 0 fully saturated rings. The molecule has 1 aromatic rings. The third-order valence-electron chi connectivity index (χ3n) is 3.49. The van der Waals surface area contributed by atoms with Gasteiger partial charge in [-0.3, -0.25) is 9.89 Å². The van der Waals surface area contributed by atoms with Crippen molar-refractivity contribution < 1.29 is 4.79 Å². The quantitative estimate of drug-likeness (QED) is 0.751. The highest BCUT2D eigenvalue weighted by molar-refractivity contribution is 5.94. The van der Waals surface area contributed by atoms with Crippen LogP contribution >= 0.6 is 12.4 Å². The average Bonchev–Trinajstić information content (AvgIpc) is 2.78. The number of aromatic nitrogens is 2. The van der Waals surface area contributed by atoms with Gasteiger partial charge in [0, 0.05) is 43.9 Å². The Bertz CT molecular complexity index is 484. The van der Waals surface area contributed by atoms with Crippen LogP contribution in [-0.4, -0.2) is 54.7 Å². The minimum Gasteiger partial charge on any atom is -0.350 e. The summed E-state index contributed by atoms with van der Waals surface area (Å²) >= 11 is 0. The second-order valence-electron chi connectivity index (χ2n) is 6.54. The van der Waals surface area contributed by atoms with E-state index in [0.29, 0.717) is 12.2 Å². The highest BCUT2D eigenvalue weighted by Crippen LogP contribution is 2.17. The fraction of sp³-hybridized carbons (Fsp3) is 0.714. The Morgan fingerprint density at radius 2 is 2.14 bits per heavy atom. The van der Waals surface area contributed by atoms with Gasteiger partial charge in [0.05, 0.1) is 0 Å². The molecule has 0 saturated carbocycles. The summed E-state index contributed by atoms with van der Waals surface area (Å²) in [6.45, 7) is 7.51. The largest absolute Gasteiger partial charge is 0.350 e. The minimum absolute atomic E-state index is 0. The van der Waals surface area contributed by atoms with Crippen LogP contribution in [0.15, 0.2) is 0 Å². The summed E-state index contributed by atoms with van der Waals surface area (Å²) in [5.41, 5.74) is 2.67. The van der Waals surface area contributed by atoms with Crippen LogP contribution in [0.5, 0.6) is 0 Å². The molecule has 0 atom stereocenters. The number of nitrogens with zero attached hydrogens (tertiary/aromatic N) is 2. The Labute approximate surface area is 132 Å². The van der Waals surface area contributed by atoms with Crippen molar-refractivity contribution in [1.29, 1.82) is 0 Å².